The number of carbonyl (C=O) groups excluding carboxylic acids is 2. The van der Waals surface area contributed by atoms with Crippen LogP contribution in [0.1, 0.15) is 38.2 Å². The summed E-state index contributed by atoms with van der Waals surface area (Å²) >= 11 is 0. The van der Waals surface area contributed by atoms with E-state index in [1.54, 1.807) is 0 Å². The fraction of sp³-hybridized carbons (Fsp3) is 0.500. The lowest BCUT2D eigenvalue weighted by atomic mass is 9.97. The molecule has 1 aromatic rings. The molecule has 0 spiro atoms. The molecule has 1 aromatic carbocycles. The minimum Gasteiger partial charge on any atom is -0.484 e. The van der Waals surface area contributed by atoms with E-state index in [1.165, 1.54) is 13.0 Å². The molecule has 1 fully saturated rings. The lowest BCUT2D eigenvalue weighted by Crippen LogP contribution is -2.46. The Morgan fingerprint density at radius 2 is 1.75 bits per heavy atom. The molecule has 0 bridgehead atoms. The minimum atomic E-state index is -3.92. The number of guanidine groups is 1. The maximum Gasteiger partial charge on any atom is 0.328 e. The first-order chi connectivity index (χ1) is 16.8. The maximum atomic E-state index is 14.6. The van der Waals surface area contributed by atoms with Crippen LogP contribution in [0.3, 0.4) is 0 Å². The zero-order valence-electron chi connectivity index (χ0n) is 20.4. The molecule has 0 aromatic heterocycles. The van der Waals surface area contributed by atoms with Crippen LogP contribution in [-0.4, -0.2) is 69.8 Å². The number of nitrogens with two attached hydrogens (primary N) is 2. The number of urea groups is 1. The van der Waals surface area contributed by atoms with Gasteiger partial charge in [0, 0.05) is 18.7 Å². The fourth-order valence-corrected chi connectivity index (χ4v) is 4.95. The molecule has 1 aliphatic rings. The molecule has 0 unspecified atom stereocenters. The lowest BCUT2D eigenvalue weighted by molar-refractivity contribution is -0.114. The molecule has 1 saturated carbocycles. The highest BCUT2D eigenvalue weighted by molar-refractivity contribution is 7.90. The van der Waals surface area contributed by atoms with Crippen LogP contribution in [0, 0.1) is 11.6 Å². The number of hydrogen-bond donors (Lipinski definition) is 4. The average Bonchev–Trinajstić information content (AvgIpc) is 2.75. The van der Waals surface area contributed by atoms with Crippen LogP contribution in [-0.2, 0) is 14.8 Å². The summed E-state index contributed by atoms with van der Waals surface area (Å²) in [5.41, 5.74) is 10.4. The van der Waals surface area contributed by atoms with E-state index in [0.29, 0.717) is 6.54 Å². The average molecular weight is 531 g/mol. The van der Waals surface area contributed by atoms with Crippen molar-refractivity contribution in [2.45, 2.75) is 44.0 Å². The third kappa shape index (κ3) is 8.75. The topological polar surface area (TPSA) is 169 Å². The summed E-state index contributed by atoms with van der Waals surface area (Å²) in [6.45, 7) is 2.23. The molecule has 3 amide bonds. The molecule has 14 heteroatoms. The first-order valence-corrected chi connectivity index (χ1v) is 12.7. The third-order valence-electron chi connectivity index (χ3n) is 5.40. The molecule has 0 radical (unpaired) electrons. The van der Waals surface area contributed by atoms with E-state index in [-0.39, 0.29) is 43.4 Å². The van der Waals surface area contributed by atoms with Gasteiger partial charge in [0.1, 0.15) is 0 Å². The van der Waals surface area contributed by atoms with E-state index in [0.717, 1.165) is 12.1 Å². The molecule has 6 N–H and O–H groups in total. The summed E-state index contributed by atoms with van der Waals surface area (Å²) in [6.07, 6.45) is 1.37. The number of benzene rings is 1. The zero-order chi connectivity index (χ0) is 27.0. The quantitative estimate of drug-likeness (QED) is 0.209. The van der Waals surface area contributed by atoms with Crippen LogP contribution in [0.25, 0.3) is 6.08 Å². The summed E-state index contributed by atoms with van der Waals surface area (Å²) in [5, 5.41) is 1.65. The first-order valence-electron chi connectivity index (χ1n) is 11.2. The predicted octanol–water partition coefficient (Wildman–Crippen LogP) is 1.05. The van der Waals surface area contributed by atoms with Crippen molar-refractivity contribution in [1.82, 2.24) is 14.9 Å². The largest absolute Gasteiger partial charge is 0.484 e. The molecule has 0 atom stereocenters. The number of nitrogens with one attached hydrogen (secondary N) is 2. The van der Waals surface area contributed by atoms with Crippen LogP contribution in [0.5, 0.6) is 5.75 Å². The Bertz CT molecular complexity index is 1100. The molecule has 0 saturated heterocycles. The molecule has 0 heterocycles. The van der Waals surface area contributed by atoms with Crippen LogP contribution in [0.4, 0.5) is 13.6 Å². The molecule has 200 valence electrons. The second-order valence-electron chi connectivity index (χ2n) is 8.71. The Kier molecular flexibility index (Phi) is 10.2. The van der Waals surface area contributed by atoms with Gasteiger partial charge in [-0.3, -0.25) is 4.79 Å². The zero-order valence-corrected chi connectivity index (χ0v) is 21.2. The van der Waals surface area contributed by atoms with Crippen LogP contribution >= 0.6 is 0 Å². The summed E-state index contributed by atoms with van der Waals surface area (Å²) in [5.74, 6) is -3.73. The second kappa shape index (κ2) is 12.6. The molecule has 2 rings (SSSR count). The minimum absolute atomic E-state index is 0.0652. The highest BCUT2D eigenvalue weighted by Crippen LogP contribution is 2.31. The van der Waals surface area contributed by atoms with Crippen molar-refractivity contribution in [1.29, 1.82) is 0 Å². The number of aliphatic imine (C=N–C) groups is 1. The van der Waals surface area contributed by atoms with Crippen LogP contribution in [0.15, 0.2) is 22.7 Å². The molecule has 1 aliphatic carbocycles. The van der Waals surface area contributed by atoms with Crippen LogP contribution < -0.4 is 26.2 Å². The van der Waals surface area contributed by atoms with Gasteiger partial charge in [0.25, 0.3) is 5.91 Å². The monoisotopic (exact) mass is 530 g/mol. The van der Waals surface area contributed by atoms with E-state index in [1.807, 2.05) is 23.7 Å². The number of hydrogen-bond acceptors (Lipinski definition) is 6. The van der Waals surface area contributed by atoms with E-state index in [9.17, 15) is 26.8 Å². The summed E-state index contributed by atoms with van der Waals surface area (Å²) < 4.78 is 61.7. The Labute approximate surface area is 209 Å². The number of ether oxygens (including phenoxy) is 1. The second-order valence-corrected chi connectivity index (χ2v) is 10.7. The van der Waals surface area contributed by atoms with Crippen molar-refractivity contribution in [3.8, 4) is 5.75 Å². The number of likely N-dealkylation sites (N-methyl/N-ethyl adjacent to an activating group) is 1. The summed E-state index contributed by atoms with van der Waals surface area (Å²) in [6, 6.07) is 1.20. The number of carbonyl (C=O) groups is 2. The van der Waals surface area contributed by atoms with E-state index in [2.05, 4.69) is 10.3 Å². The maximum absolute atomic E-state index is 14.6. The molecule has 0 aliphatic heterocycles. The normalized spacial score (nSPS) is 18.4. The van der Waals surface area contributed by atoms with Gasteiger partial charge in [-0.15, -0.1) is 0 Å². The highest BCUT2D eigenvalue weighted by Gasteiger charge is 2.33. The van der Waals surface area contributed by atoms with Crippen molar-refractivity contribution >= 4 is 34.0 Å². The van der Waals surface area contributed by atoms with E-state index >= 15 is 0 Å². The Balaban J connectivity index is 1.97. The van der Waals surface area contributed by atoms with Gasteiger partial charge in [-0.2, -0.15) is 4.99 Å². The summed E-state index contributed by atoms with van der Waals surface area (Å²) in [4.78, 5) is 28.8. The molecule has 11 nitrogen and oxygen atoms in total. The van der Waals surface area contributed by atoms with E-state index < -0.39 is 56.7 Å². The van der Waals surface area contributed by atoms with Crippen molar-refractivity contribution in [3.63, 3.8) is 0 Å². The van der Waals surface area contributed by atoms with Gasteiger partial charge in [0.2, 0.25) is 10.0 Å². The molecule has 36 heavy (non-hydrogen) atoms. The molecular weight excluding hydrogens is 498 g/mol. The van der Waals surface area contributed by atoms with Crippen molar-refractivity contribution < 1.29 is 31.5 Å². The van der Waals surface area contributed by atoms with Gasteiger partial charge in [-0.1, -0.05) is 0 Å². The Morgan fingerprint density at radius 3 is 2.28 bits per heavy atom. The lowest BCUT2D eigenvalue weighted by Gasteiger charge is -2.29. The van der Waals surface area contributed by atoms with Gasteiger partial charge in [0.15, 0.2) is 23.3 Å². The number of amides is 3. The van der Waals surface area contributed by atoms with Gasteiger partial charge in [-0.25, -0.2) is 26.7 Å². The first kappa shape index (κ1) is 29.0. The number of halogens is 2. The number of nitrogens with zero attached hydrogens (tertiary/aromatic N) is 2. The van der Waals surface area contributed by atoms with Gasteiger partial charge >= 0.3 is 6.03 Å². The number of sulfonamides is 1. The van der Waals surface area contributed by atoms with Crippen molar-refractivity contribution in [3.05, 3.63) is 34.9 Å². The standard InChI is InChI=1S/C22H32F2N6O5S/c1-13(20(31)28-21(25)26)10-14-11-17(23)19(18(24)12-14)35-15-4-6-16(7-5-15)36(33,34)29-22(32)27-8-9-30(2)3/h10-12,15-16H,4-9H2,1-3H3,(H2,27,29,32)(H4,25,26,28,31)/b13-10+. The highest BCUT2D eigenvalue weighted by atomic mass is 32.2. The van der Waals surface area contributed by atoms with Crippen molar-refractivity contribution in [2.24, 2.45) is 16.5 Å². The molecular formula is C22H32F2N6O5S. The Hall–Kier alpha value is -3.26. The fourth-order valence-electron chi connectivity index (χ4n) is 3.56. The Morgan fingerprint density at radius 1 is 1.17 bits per heavy atom. The van der Waals surface area contributed by atoms with Crippen LogP contribution in [0.2, 0.25) is 0 Å². The van der Waals surface area contributed by atoms with E-state index in [4.69, 9.17) is 16.2 Å². The predicted molar refractivity (Wildman–Crippen MR) is 132 cm³/mol. The van der Waals surface area contributed by atoms with Gasteiger partial charge in [-0.05, 0) is 70.5 Å². The number of rotatable bonds is 9. The van der Waals surface area contributed by atoms with Gasteiger partial charge in [0.05, 0.1) is 11.4 Å². The van der Waals surface area contributed by atoms with Crippen molar-refractivity contribution in [2.75, 3.05) is 27.2 Å². The third-order valence-corrected chi connectivity index (χ3v) is 7.21. The smallest absolute Gasteiger partial charge is 0.328 e. The SMILES string of the molecule is C/C(=C\c1cc(F)c(OC2CCC(S(=O)(=O)NC(=O)NCCN(C)C)CC2)c(F)c1)C(=O)N=C(N)N. The summed E-state index contributed by atoms with van der Waals surface area (Å²) in [7, 11) is -0.276. The van der Waals surface area contributed by atoms with Gasteiger partial charge < -0.3 is 26.4 Å².